The summed E-state index contributed by atoms with van der Waals surface area (Å²) >= 11 is 0. The van der Waals surface area contributed by atoms with Crippen LogP contribution in [0.2, 0.25) is 0 Å². The van der Waals surface area contributed by atoms with Gasteiger partial charge in [0.2, 0.25) is 0 Å². The number of nitrogen functional groups attached to an aromatic ring is 1. The Hall–Kier alpha value is -2.56. The number of aromatic nitrogens is 3. The highest BCUT2D eigenvalue weighted by molar-refractivity contribution is 5.88. The third-order valence-electron chi connectivity index (χ3n) is 2.89. The minimum Gasteiger partial charge on any atom is -0.469 e. The number of nitrogens with one attached hydrogen (secondary N) is 1. The predicted molar refractivity (Wildman–Crippen MR) is 68.7 cm³/mol. The molecule has 0 atom stereocenters. The number of hydrogen-bond acceptors (Lipinski definition) is 4. The van der Waals surface area contributed by atoms with Gasteiger partial charge in [-0.05, 0) is 30.7 Å². The van der Waals surface area contributed by atoms with E-state index in [-0.39, 0.29) is 0 Å². The lowest BCUT2D eigenvalue weighted by molar-refractivity contribution is 0.535. The SMILES string of the molecule is Cc1occc1-c1[nH]nc(N)c1-c1ccncc1. The molecule has 0 saturated heterocycles. The second-order valence-corrected chi connectivity index (χ2v) is 3.99. The van der Waals surface area contributed by atoms with Gasteiger partial charge in [-0.1, -0.05) is 0 Å². The van der Waals surface area contributed by atoms with Gasteiger partial charge in [-0.25, -0.2) is 0 Å². The minimum absolute atomic E-state index is 0.469. The summed E-state index contributed by atoms with van der Waals surface area (Å²) in [5.41, 5.74) is 9.62. The van der Waals surface area contributed by atoms with Gasteiger partial charge >= 0.3 is 0 Å². The molecule has 0 aliphatic rings. The number of rotatable bonds is 2. The van der Waals surface area contributed by atoms with Crippen molar-refractivity contribution in [2.45, 2.75) is 6.92 Å². The molecule has 0 aromatic carbocycles. The molecule has 0 aliphatic carbocycles. The van der Waals surface area contributed by atoms with Crippen molar-refractivity contribution >= 4 is 5.82 Å². The molecule has 0 radical (unpaired) electrons. The number of anilines is 1. The van der Waals surface area contributed by atoms with Crippen molar-refractivity contribution in [2.24, 2.45) is 0 Å². The number of aryl methyl sites for hydroxylation is 1. The number of nitrogens with two attached hydrogens (primary N) is 1. The van der Waals surface area contributed by atoms with Gasteiger partial charge in [0.05, 0.1) is 17.5 Å². The van der Waals surface area contributed by atoms with Crippen molar-refractivity contribution in [2.75, 3.05) is 5.73 Å². The van der Waals surface area contributed by atoms with E-state index in [2.05, 4.69) is 15.2 Å². The van der Waals surface area contributed by atoms with E-state index in [9.17, 15) is 0 Å². The van der Waals surface area contributed by atoms with Crippen molar-refractivity contribution in [1.29, 1.82) is 0 Å². The van der Waals surface area contributed by atoms with Crippen LogP contribution in [0.5, 0.6) is 0 Å². The van der Waals surface area contributed by atoms with Crippen LogP contribution in [0, 0.1) is 6.92 Å². The first kappa shape index (κ1) is 10.6. The van der Waals surface area contributed by atoms with E-state index < -0.39 is 0 Å². The standard InChI is InChI=1S/C13H12N4O/c1-8-10(4-7-18-8)12-11(13(14)17-16-12)9-2-5-15-6-3-9/h2-7H,1H3,(H3,14,16,17). The maximum Gasteiger partial charge on any atom is 0.153 e. The smallest absolute Gasteiger partial charge is 0.153 e. The zero-order chi connectivity index (χ0) is 12.5. The molecular weight excluding hydrogens is 228 g/mol. The third kappa shape index (κ3) is 1.57. The van der Waals surface area contributed by atoms with Gasteiger partial charge < -0.3 is 10.2 Å². The van der Waals surface area contributed by atoms with Gasteiger partial charge in [-0.15, -0.1) is 0 Å². The van der Waals surface area contributed by atoms with E-state index in [1.54, 1.807) is 18.7 Å². The van der Waals surface area contributed by atoms with E-state index in [4.69, 9.17) is 10.2 Å². The number of aromatic amines is 1. The highest BCUT2D eigenvalue weighted by Gasteiger charge is 2.17. The van der Waals surface area contributed by atoms with Gasteiger partial charge in [-0.3, -0.25) is 10.1 Å². The highest BCUT2D eigenvalue weighted by Crippen LogP contribution is 2.35. The van der Waals surface area contributed by atoms with E-state index in [0.29, 0.717) is 5.82 Å². The third-order valence-corrected chi connectivity index (χ3v) is 2.89. The Morgan fingerprint density at radius 2 is 2.00 bits per heavy atom. The van der Waals surface area contributed by atoms with Crippen LogP contribution in [-0.4, -0.2) is 15.2 Å². The maximum atomic E-state index is 5.94. The number of hydrogen-bond donors (Lipinski definition) is 2. The van der Waals surface area contributed by atoms with Crippen LogP contribution in [-0.2, 0) is 0 Å². The lowest BCUT2D eigenvalue weighted by Crippen LogP contribution is -1.89. The number of nitrogens with zero attached hydrogens (tertiary/aromatic N) is 2. The molecule has 0 amide bonds. The van der Waals surface area contributed by atoms with Crippen molar-refractivity contribution in [3.63, 3.8) is 0 Å². The lowest BCUT2D eigenvalue weighted by atomic mass is 10.0. The molecule has 0 bridgehead atoms. The highest BCUT2D eigenvalue weighted by atomic mass is 16.3. The van der Waals surface area contributed by atoms with E-state index in [0.717, 1.165) is 28.1 Å². The summed E-state index contributed by atoms with van der Waals surface area (Å²) in [7, 11) is 0. The Kier molecular flexibility index (Phi) is 2.37. The van der Waals surface area contributed by atoms with Crippen molar-refractivity contribution < 1.29 is 4.42 Å². The quantitative estimate of drug-likeness (QED) is 0.721. The largest absolute Gasteiger partial charge is 0.469 e. The van der Waals surface area contributed by atoms with Crippen LogP contribution in [0.15, 0.2) is 41.3 Å². The fourth-order valence-electron chi connectivity index (χ4n) is 2.01. The van der Waals surface area contributed by atoms with Gasteiger partial charge in [0, 0.05) is 18.0 Å². The minimum atomic E-state index is 0.469. The molecule has 3 rings (SSSR count). The Balaban J connectivity index is 2.22. The van der Waals surface area contributed by atoms with Crippen molar-refractivity contribution in [3.8, 4) is 22.4 Å². The van der Waals surface area contributed by atoms with Gasteiger partial charge in [-0.2, -0.15) is 5.10 Å². The number of H-pyrrole nitrogens is 1. The summed E-state index contributed by atoms with van der Waals surface area (Å²) in [6, 6.07) is 5.70. The molecule has 3 aromatic rings. The molecule has 0 spiro atoms. The van der Waals surface area contributed by atoms with Gasteiger partial charge in [0.1, 0.15) is 5.76 Å². The average Bonchev–Trinajstić information content (AvgIpc) is 2.96. The summed E-state index contributed by atoms with van der Waals surface area (Å²) in [6.07, 6.45) is 5.11. The first-order valence-electron chi connectivity index (χ1n) is 5.56. The number of furan rings is 1. The summed E-state index contributed by atoms with van der Waals surface area (Å²) in [4.78, 5) is 4.00. The van der Waals surface area contributed by atoms with E-state index in [1.165, 1.54) is 0 Å². The molecule has 0 saturated carbocycles. The molecule has 3 heterocycles. The first-order valence-corrected chi connectivity index (χ1v) is 5.56. The van der Waals surface area contributed by atoms with Gasteiger partial charge in [0.15, 0.2) is 5.82 Å². The summed E-state index contributed by atoms with van der Waals surface area (Å²) in [6.45, 7) is 1.91. The molecule has 5 nitrogen and oxygen atoms in total. The zero-order valence-corrected chi connectivity index (χ0v) is 9.84. The molecule has 5 heteroatoms. The monoisotopic (exact) mass is 240 g/mol. The first-order chi connectivity index (χ1) is 8.77. The van der Waals surface area contributed by atoms with Crippen LogP contribution in [0.3, 0.4) is 0 Å². The fraction of sp³-hybridized carbons (Fsp3) is 0.0769. The zero-order valence-electron chi connectivity index (χ0n) is 9.84. The van der Waals surface area contributed by atoms with Crippen LogP contribution in [0.25, 0.3) is 22.4 Å². The Morgan fingerprint density at radius 3 is 2.67 bits per heavy atom. The summed E-state index contributed by atoms with van der Waals surface area (Å²) in [5, 5.41) is 7.04. The molecule has 3 N–H and O–H groups in total. The summed E-state index contributed by atoms with van der Waals surface area (Å²) < 4.78 is 5.32. The molecular formula is C13H12N4O. The fourth-order valence-corrected chi connectivity index (χ4v) is 2.01. The topological polar surface area (TPSA) is 80.7 Å². The van der Waals surface area contributed by atoms with Crippen molar-refractivity contribution in [1.82, 2.24) is 15.2 Å². The molecule has 0 fully saturated rings. The van der Waals surface area contributed by atoms with Crippen LogP contribution >= 0.6 is 0 Å². The van der Waals surface area contributed by atoms with Crippen molar-refractivity contribution in [3.05, 3.63) is 42.6 Å². The van der Waals surface area contributed by atoms with Crippen LogP contribution in [0.4, 0.5) is 5.82 Å². The Morgan fingerprint density at radius 1 is 1.22 bits per heavy atom. The predicted octanol–water partition coefficient (Wildman–Crippen LogP) is 2.62. The lowest BCUT2D eigenvalue weighted by Gasteiger charge is -2.03. The molecule has 0 aliphatic heterocycles. The van der Waals surface area contributed by atoms with Crippen LogP contribution < -0.4 is 5.73 Å². The van der Waals surface area contributed by atoms with Gasteiger partial charge in [0.25, 0.3) is 0 Å². The van der Waals surface area contributed by atoms with E-state index in [1.807, 2.05) is 25.1 Å². The molecule has 0 unspecified atom stereocenters. The second-order valence-electron chi connectivity index (χ2n) is 3.99. The second kappa shape index (κ2) is 4.03. The van der Waals surface area contributed by atoms with E-state index >= 15 is 0 Å². The Labute approximate surface area is 104 Å². The normalized spacial score (nSPS) is 10.7. The van der Waals surface area contributed by atoms with Crippen LogP contribution in [0.1, 0.15) is 5.76 Å². The molecule has 18 heavy (non-hydrogen) atoms. The maximum absolute atomic E-state index is 5.94. The Bertz CT molecular complexity index is 669. The molecule has 3 aromatic heterocycles. The average molecular weight is 240 g/mol. The number of pyridine rings is 1. The molecule has 90 valence electrons. The summed E-state index contributed by atoms with van der Waals surface area (Å²) in [5.74, 6) is 1.30.